The summed E-state index contributed by atoms with van der Waals surface area (Å²) in [6.45, 7) is 5.05. The molecule has 0 spiro atoms. The van der Waals surface area contributed by atoms with Crippen LogP contribution in [0.15, 0.2) is 12.1 Å². The van der Waals surface area contributed by atoms with E-state index in [0.29, 0.717) is 26.0 Å². The number of carbonyl (C=O) groups is 3. The number of rotatable bonds is 10. The Morgan fingerprint density at radius 3 is 2.40 bits per heavy atom. The molecule has 9 heteroatoms. The largest absolute Gasteiger partial charge is 0.496 e. The molecule has 5 saturated carbocycles. The van der Waals surface area contributed by atoms with Gasteiger partial charge in [0.1, 0.15) is 5.75 Å². The minimum absolute atomic E-state index is 0.000845. The Kier molecular flexibility index (Phi) is 7.20. The van der Waals surface area contributed by atoms with Crippen LogP contribution in [0.3, 0.4) is 0 Å². The number of ether oxygens (including phenoxy) is 3. The average Bonchev–Trinajstić information content (AvgIpc) is 3.28. The molecule has 0 radical (unpaired) electrons. The highest BCUT2D eigenvalue weighted by atomic mass is 19.1. The molecule has 0 aromatic heterocycles. The highest BCUT2D eigenvalue weighted by molar-refractivity contribution is 5.98. The van der Waals surface area contributed by atoms with Gasteiger partial charge in [-0.25, -0.2) is 4.39 Å². The van der Waals surface area contributed by atoms with Crippen LogP contribution < -0.4 is 20.1 Å². The molecule has 2 bridgehead atoms. The Morgan fingerprint density at radius 2 is 1.75 bits per heavy atom. The van der Waals surface area contributed by atoms with E-state index >= 15 is 0 Å². The summed E-state index contributed by atoms with van der Waals surface area (Å²) < 4.78 is 31.5. The lowest BCUT2D eigenvalue weighted by atomic mass is 9.70. The van der Waals surface area contributed by atoms with Gasteiger partial charge in [-0.1, -0.05) is 13.3 Å². The third kappa shape index (κ3) is 4.94. The Balaban J connectivity index is 1.12. The average molecular weight is 557 g/mol. The monoisotopic (exact) mass is 556 g/mol. The lowest BCUT2D eigenvalue weighted by Crippen LogP contribution is -2.51. The molecule has 0 saturated heterocycles. The number of esters is 1. The molecule has 1 aromatic carbocycles. The molecule has 1 aromatic rings. The predicted octanol–water partition coefficient (Wildman–Crippen LogP) is 4.25. The zero-order valence-electron chi connectivity index (χ0n) is 23.7. The topological polar surface area (TPSA) is 103 Å². The van der Waals surface area contributed by atoms with E-state index in [0.717, 1.165) is 32.1 Å². The van der Waals surface area contributed by atoms with Crippen LogP contribution in [-0.2, 0) is 14.3 Å². The molecule has 6 rings (SSSR count). The summed E-state index contributed by atoms with van der Waals surface area (Å²) in [7, 11) is 1.40. The van der Waals surface area contributed by atoms with Crippen LogP contribution in [-0.4, -0.2) is 50.2 Å². The van der Waals surface area contributed by atoms with Crippen LogP contribution in [0.5, 0.6) is 11.5 Å². The summed E-state index contributed by atoms with van der Waals surface area (Å²) in [5.74, 6) is -0.385. The zero-order valence-corrected chi connectivity index (χ0v) is 23.7. The number of hydrogen-bond donors (Lipinski definition) is 2. The Labute approximate surface area is 235 Å². The van der Waals surface area contributed by atoms with E-state index in [1.54, 1.807) is 6.92 Å². The van der Waals surface area contributed by atoms with E-state index in [1.807, 2.05) is 0 Å². The molecule has 0 heterocycles. The Hall–Kier alpha value is -2.84. The van der Waals surface area contributed by atoms with Gasteiger partial charge in [0.15, 0.2) is 11.6 Å². The highest BCUT2D eigenvalue weighted by Gasteiger charge is 2.61. The molecule has 0 unspecified atom stereocenters. The quantitative estimate of drug-likeness (QED) is 0.418. The number of halogens is 1. The lowest BCUT2D eigenvalue weighted by molar-refractivity contribution is -0.145. The number of hydrogen-bond acceptors (Lipinski definition) is 6. The first-order valence-electron chi connectivity index (χ1n) is 15.0. The SMILES string of the molecule is CCOC(=O)[C@H]1[C@@H]2C[C@@H](Oc3cc(C(=O)N[C@@H]4[C@H]5CC[C@H](C5)[C@@H]4C(=O)NCC4(C)CCC4)c(OC)cc3F)C[C@@H]21. The second-order valence-electron chi connectivity index (χ2n) is 13.0. The maximum absolute atomic E-state index is 15.0. The molecular formula is C31H41FN2O6. The smallest absolute Gasteiger partial charge is 0.309 e. The van der Waals surface area contributed by atoms with Crippen molar-refractivity contribution in [3.8, 4) is 11.5 Å². The van der Waals surface area contributed by atoms with Crippen molar-refractivity contribution in [1.82, 2.24) is 10.6 Å². The second kappa shape index (κ2) is 10.5. The van der Waals surface area contributed by atoms with Gasteiger partial charge in [0.2, 0.25) is 5.91 Å². The van der Waals surface area contributed by atoms with Gasteiger partial charge >= 0.3 is 5.97 Å². The summed E-state index contributed by atoms with van der Waals surface area (Å²) in [6.07, 6.45) is 7.49. The Morgan fingerprint density at radius 1 is 1.02 bits per heavy atom. The molecule has 2 N–H and O–H groups in total. The molecule has 5 aliphatic carbocycles. The minimum Gasteiger partial charge on any atom is -0.496 e. The molecular weight excluding hydrogens is 515 g/mol. The first-order chi connectivity index (χ1) is 19.2. The third-order valence-corrected chi connectivity index (χ3v) is 10.5. The number of nitrogens with one attached hydrogen (secondary N) is 2. The molecule has 5 aliphatic rings. The first-order valence-corrected chi connectivity index (χ1v) is 15.0. The number of amides is 2. The van der Waals surface area contributed by atoms with Crippen LogP contribution in [0, 0.1) is 46.7 Å². The fraction of sp³-hybridized carbons (Fsp3) is 0.710. The second-order valence-corrected chi connectivity index (χ2v) is 13.0. The van der Waals surface area contributed by atoms with Gasteiger partial charge in [-0.3, -0.25) is 14.4 Å². The van der Waals surface area contributed by atoms with Crippen molar-refractivity contribution in [3.63, 3.8) is 0 Å². The summed E-state index contributed by atoms with van der Waals surface area (Å²) in [5, 5.41) is 6.32. The predicted molar refractivity (Wildman–Crippen MR) is 144 cm³/mol. The summed E-state index contributed by atoms with van der Waals surface area (Å²) in [5.41, 5.74) is 0.374. The molecule has 5 fully saturated rings. The van der Waals surface area contributed by atoms with Gasteiger partial charge in [-0.15, -0.1) is 0 Å². The number of carbonyl (C=O) groups excluding carboxylic acids is 3. The maximum Gasteiger partial charge on any atom is 0.309 e. The van der Waals surface area contributed by atoms with Crippen LogP contribution in [0.1, 0.15) is 75.6 Å². The van der Waals surface area contributed by atoms with Gasteiger partial charge in [0.05, 0.1) is 37.2 Å². The number of benzene rings is 1. The summed E-state index contributed by atoms with van der Waals surface area (Å²) in [4.78, 5) is 39.0. The third-order valence-electron chi connectivity index (χ3n) is 10.5. The van der Waals surface area contributed by atoms with Gasteiger partial charge < -0.3 is 24.8 Å². The Bertz CT molecular complexity index is 1170. The van der Waals surface area contributed by atoms with Crippen molar-refractivity contribution in [2.24, 2.45) is 40.9 Å². The van der Waals surface area contributed by atoms with Gasteiger partial charge in [-0.2, -0.15) is 0 Å². The van der Waals surface area contributed by atoms with E-state index in [2.05, 4.69) is 17.6 Å². The van der Waals surface area contributed by atoms with Crippen molar-refractivity contribution in [3.05, 3.63) is 23.5 Å². The van der Waals surface area contributed by atoms with Gasteiger partial charge in [0, 0.05) is 18.7 Å². The van der Waals surface area contributed by atoms with Crippen LogP contribution in [0.25, 0.3) is 0 Å². The fourth-order valence-electron chi connectivity index (χ4n) is 8.11. The first kappa shape index (κ1) is 27.3. The van der Waals surface area contributed by atoms with Crippen LogP contribution in [0.2, 0.25) is 0 Å². The minimum atomic E-state index is -0.599. The standard InChI is InChI=1S/C31H41FN2O6/c1-4-39-30(37)26-19-11-18(12-20(19)26)40-24-13-21(23(38-3)14-22(24)32)28(35)34-27-17-7-6-16(10-17)25(27)29(36)33-15-31(2)8-5-9-31/h13-14,16-20,25-27H,4-12,15H2,1-3H3,(H,33,36)(H,34,35)/t16-,17+,18-,19-,20+,25+,26+,27-/m1/s1. The van der Waals surface area contributed by atoms with Crippen molar-refractivity contribution in [2.45, 2.75) is 77.4 Å². The number of methoxy groups -OCH3 is 1. The molecule has 40 heavy (non-hydrogen) atoms. The van der Waals surface area contributed by atoms with E-state index in [1.165, 1.54) is 25.7 Å². The number of fused-ring (bicyclic) bond motifs is 3. The fourth-order valence-corrected chi connectivity index (χ4v) is 8.11. The van der Waals surface area contributed by atoms with E-state index < -0.39 is 5.82 Å². The summed E-state index contributed by atoms with van der Waals surface area (Å²) >= 11 is 0. The van der Waals surface area contributed by atoms with Gasteiger partial charge in [-0.05, 0) is 87.0 Å². The van der Waals surface area contributed by atoms with Crippen molar-refractivity contribution < 1.29 is 33.0 Å². The normalized spacial score (nSPS) is 34.4. The summed E-state index contributed by atoms with van der Waals surface area (Å²) in [6, 6.07) is 2.34. The molecule has 2 amide bonds. The van der Waals surface area contributed by atoms with E-state index in [9.17, 15) is 18.8 Å². The molecule has 218 valence electrons. The van der Waals surface area contributed by atoms with Crippen LogP contribution >= 0.6 is 0 Å². The van der Waals surface area contributed by atoms with E-state index in [-0.39, 0.29) is 87.9 Å². The molecule has 8 nitrogen and oxygen atoms in total. The maximum atomic E-state index is 15.0. The molecule has 0 aliphatic heterocycles. The van der Waals surface area contributed by atoms with Crippen molar-refractivity contribution in [2.75, 3.05) is 20.3 Å². The zero-order chi connectivity index (χ0) is 28.2. The lowest BCUT2D eigenvalue weighted by Gasteiger charge is -2.39. The molecule has 8 atom stereocenters. The van der Waals surface area contributed by atoms with Crippen molar-refractivity contribution in [1.29, 1.82) is 0 Å². The van der Waals surface area contributed by atoms with E-state index in [4.69, 9.17) is 14.2 Å². The van der Waals surface area contributed by atoms with Crippen LogP contribution in [0.4, 0.5) is 4.39 Å². The van der Waals surface area contributed by atoms with Gasteiger partial charge in [0.25, 0.3) is 5.91 Å². The van der Waals surface area contributed by atoms with Crippen molar-refractivity contribution >= 4 is 17.8 Å². The highest BCUT2D eigenvalue weighted by Crippen LogP contribution is 2.58.